The average Bonchev–Trinajstić information content (AvgIpc) is 3.36. The smallest absolute Gasteiger partial charge is 0.235 e. The van der Waals surface area contributed by atoms with Gasteiger partial charge in [-0.25, -0.2) is 0 Å². The van der Waals surface area contributed by atoms with E-state index in [2.05, 4.69) is 48.2 Å². The summed E-state index contributed by atoms with van der Waals surface area (Å²) in [6.45, 7) is 6.91. The second-order valence-electron chi connectivity index (χ2n) is 8.19. The van der Waals surface area contributed by atoms with Gasteiger partial charge in [-0.3, -0.25) is 0 Å². The van der Waals surface area contributed by atoms with Crippen molar-refractivity contribution < 1.29 is 18.9 Å². The number of rotatable bonds is 7. The summed E-state index contributed by atoms with van der Waals surface area (Å²) in [5.74, 6) is 2.97. The van der Waals surface area contributed by atoms with E-state index in [9.17, 15) is 0 Å². The van der Waals surface area contributed by atoms with Crippen molar-refractivity contribution in [1.82, 2.24) is 19.8 Å². The van der Waals surface area contributed by atoms with Crippen molar-refractivity contribution in [3.63, 3.8) is 0 Å². The summed E-state index contributed by atoms with van der Waals surface area (Å²) in [5, 5.41) is 14.0. The number of aromatic nitrogens is 4. The van der Waals surface area contributed by atoms with Crippen molar-refractivity contribution in [3.8, 4) is 34.4 Å². The van der Waals surface area contributed by atoms with Crippen LogP contribution in [0.4, 0.5) is 0 Å². The van der Waals surface area contributed by atoms with Gasteiger partial charge in [0.15, 0.2) is 22.3 Å². The average molecular weight is 455 g/mol. The van der Waals surface area contributed by atoms with Crippen LogP contribution in [-0.4, -0.2) is 41.1 Å². The quantitative estimate of drug-likeness (QED) is 0.398. The van der Waals surface area contributed by atoms with E-state index in [1.54, 1.807) is 25.8 Å². The molecule has 0 unspecified atom stereocenters. The Hall–Kier alpha value is -3.33. The Bertz CT molecular complexity index is 1200. The molecule has 0 spiro atoms. The highest BCUT2D eigenvalue weighted by atomic mass is 32.1. The van der Waals surface area contributed by atoms with Crippen LogP contribution in [0, 0.1) is 0 Å². The Balaban J connectivity index is 1.58. The van der Waals surface area contributed by atoms with Gasteiger partial charge in [0.25, 0.3) is 0 Å². The van der Waals surface area contributed by atoms with Gasteiger partial charge in [0.1, 0.15) is 12.4 Å². The molecule has 0 atom stereocenters. The van der Waals surface area contributed by atoms with Gasteiger partial charge in [-0.15, -0.1) is 10.2 Å². The largest absolute Gasteiger partial charge is 0.493 e. The Morgan fingerprint density at radius 3 is 2.12 bits per heavy atom. The van der Waals surface area contributed by atoms with Gasteiger partial charge in [-0.1, -0.05) is 44.2 Å². The third-order valence-corrected chi connectivity index (χ3v) is 5.91. The second-order valence-corrected chi connectivity index (χ2v) is 9.23. The third kappa shape index (κ3) is 4.20. The van der Waals surface area contributed by atoms with E-state index in [4.69, 9.17) is 18.9 Å². The summed E-state index contributed by atoms with van der Waals surface area (Å²) < 4.78 is 23.9. The van der Waals surface area contributed by atoms with Gasteiger partial charge in [-0.05, 0) is 35.2 Å². The van der Waals surface area contributed by atoms with Crippen molar-refractivity contribution in [1.29, 1.82) is 0 Å². The fraction of sp³-hybridized carbons (Fsp3) is 0.348. The Morgan fingerprint density at radius 2 is 1.56 bits per heavy atom. The Kier molecular flexibility index (Phi) is 5.92. The highest BCUT2D eigenvalue weighted by molar-refractivity contribution is 7.16. The molecule has 0 aliphatic carbocycles. The van der Waals surface area contributed by atoms with Gasteiger partial charge in [0.05, 0.1) is 21.3 Å². The minimum Gasteiger partial charge on any atom is -0.493 e. The fourth-order valence-corrected chi connectivity index (χ4v) is 4.05. The minimum atomic E-state index is 0.106. The topological polar surface area (TPSA) is 80.0 Å². The summed E-state index contributed by atoms with van der Waals surface area (Å²) in [6, 6.07) is 11.8. The van der Waals surface area contributed by atoms with Crippen LogP contribution in [0.25, 0.3) is 16.3 Å². The number of hydrogen-bond donors (Lipinski definition) is 0. The number of nitrogens with zero attached hydrogens (tertiary/aromatic N) is 4. The van der Waals surface area contributed by atoms with Crippen LogP contribution in [0.3, 0.4) is 0 Å². The maximum Gasteiger partial charge on any atom is 0.235 e. The van der Waals surface area contributed by atoms with Crippen LogP contribution in [0.1, 0.15) is 31.3 Å². The van der Waals surface area contributed by atoms with Crippen LogP contribution in [0.5, 0.6) is 23.0 Å². The van der Waals surface area contributed by atoms with Gasteiger partial charge >= 0.3 is 0 Å². The summed E-state index contributed by atoms with van der Waals surface area (Å²) in [4.78, 5) is 0.676. The molecule has 0 saturated carbocycles. The van der Waals surface area contributed by atoms with Crippen LogP contribution in [0.15, 0.2) is 36.4 Å². The van der Waals surface area contributed by atoms with E-state index in [1.165, 1.54) is 16.9 Å². The van der Waals surface area contributed by atoms with E-state index in [0.29, 0.717) is 34.6 Å². The van der Waals surface area contributed by atoms with Crippen molar-refractivity contribution in [3.05, 3.63) is 47.0 Å². The zero-order valence-electron chi connectivity index (χ0n) is 19.0. The highest BCUT2D eigenvalue weighted by Gasteiger charge is 2.19. The molecular formula is C23H26N4O4S. The lowest BCUT2D eigenvalue weighted by atomic mass is 9.87. The molecule has 0 bridgehead atoms. The molecule has 0 aliphatic rings. The molecule has 2 aromatic heterocycles. The Morgan fingerprint density at radius 1 is 0.906 bits per heavy atom. The summed E-state index contributed by atoms with van der Waals surface area (Å²) in [7, 11) is 4.72. The van der Waals surface area contributed by atoms with Crippen molar-refractivity contribution >= 4 is 16.3 Å². The van der Waals surface area contributed by atoms with Crippen LogP contribution in [0.2, 0.25) is 0 Å². The van der Waals surface area contributed by atoms with Crippen molar-refractivity contribution in [2.75, 3.05) is 21.3 Å². The number of methoxy groups -OCH3 is 3. The molecule has 2 heterocycles. The zero-order chi connectivity index (χ0) is 22.9. The zero-order valence-corrected chi connectivity index (χ0v) is 19.8. The minimum absolute atomic E-state index is 0.106. The maximum atomic E-state index is 5.94. The van der Waals surface area contributed by atoms with Crippen LogP contribution in [-0.2, 0) is 12.0 Å². The molecular weight excluding hydrogens is 428 g/mol. The van der Waals surface area contributed by atoms with Crippen molar-refractivity contribution in [2.45, 2.75) is 32.8 Å². The van der Waals surface area contributed by atoms with Gasteiger partial charge < -0.3 is 18.9 Å². The first-order valence-corrected chi connectivity index (χ1v) is 10.9. The predicted octanol–water partition coefficient (Wildman–Crippen LogP) is 4.76. The first kappa shape index (κ1) is 21.9. The molecule has 0 N–H and O–H groups in total. The standard InChI is InChI=1S/C23H26N4O4S/c1-23(2,3)15-7-9-16(10-8-15)31-13-19-26-27-21(24-25-22(27)32-19)14-11-17(28-4)20(30-6)18(12-14)29-5/h7-12H,13H2,1-6H3. The number of fused-ring (bicyclic) bond motifs is 1. The van der Waals surface area contributed by atoms with Gasteiger partial charge in [0.2, 0.25) is 10.7 Å². The molecule has 168 valence electrons. The summed E-state index contributed by atoms with van der Waals surface area (Å²) in [5.41, 5.74) is 2.12. The highest BCUT2D eigenvalue weighted by Crippen LogP contribution is 2.41. The lowest BCUT2D eigenvalue weighted by Crippen LogP contribution is -2.10. The molecule has 4 rings (SSSR count). The van der Waals surface area contributed by atoms with Crippen molar-refractivity contribution in [2.24, 2.45) is 0 Å². The Labute approximate surface area is 190 Å². The SMILES string of the molecule is COc1cc(-c2nnc3sc(COc4ccc(C(C)(C)C)cc4)nn23)cc(OC)c1OC. The second kappa shape index (κ2) is 8.66. The van der Waals surface area contributed by atoms with Gasteiger partial charge in [0, 0.05) is 5.56 Å². The molecule has 0 fully saturated rings. The van der Waals surface area contributed by atoms with Gasteiger partial charge in [-0.2, -0.15) is 9.61 Å². The van der Waals surface area contributed by atoms with Crippen LogP contribution < -0.4 is 18.9 Å². The van der Waals surface area contributed by atoms with E-state index in [0.717, 1.165) is 16.3 Å². The molecule has 2 aromatic carbocycles. The molecule has 32 heavy (non-hydrogen) atoms. The monoisotopic (exact) mass is 454 g/mol. The number of benzene rings is 2. The lowest BCUT2D eigenvalue weighted by Gasteiger charge is -2.19. The summed E-state index contributed by atoms with van der Waals surface area (Å²) >= 11 is 1.43. The third-order valence-electron chi connectivity index (χ3n) is 5.04. The van der Waals surface area contributed by atoms with E-state index < -0.39 is 0 Å². The van der Waals surface area contributed by atoms with E-state index in [1.807, 2.05) is 24.3 Å². The summed E-state index contributed by atoms with van der Waals surface area (Å²) in [6.07, 6.45) is 0. The fourth-order valence-electron chi connectivity index (χ4n) is 3.30. The first-order valence-electron chi connectivity index (χ1n) is 10.1. The van der Waals surface area contributed by atoms with Crippen LogP contribution >= 0.6 is 11.3 Å². The molecule has 0 radical (unpaired) electrons. The van der Waals surface area contributed by atoms with E-state index >= 15 is 0 Å². The molecule has 8 nitrogen and oxygen atoms in total. The molecule has 0 aliphatic heterocycles. The maximum absolute atomic E-state index is 5.94. The normalized spacial score (nSPS) is 11.6. The molecule has 9 heteroatoms. The molecule has 0 saturated heterocycles. The number of hydrogen-bond acceptors (Lipinski definition) is 8. The first-order chi connectivity index (χ1) is 15.3. The molecule has 0 amide bonds. The molecule has 4 aromatic rings. The lowest BCUT2D eigenvalue weighted by molar-refractivity contribution is 0.304. The predicted molar refractivity (Wildman–Crippen MR) is 123 cm³/mol. The number of ether oxygens (including phenoxy) is 4. The van der Waals surface area contributed by atoms with E-state index in [-0.39, 0.29) is 5.41 Å².